The minimum absolute atomic E-state index is 0.186. The van der Waals surface area contributed by atoms with Crippen molar-refractivity contribution in [3.63, 3.8) is 0 Å². The number of Topliss-reactive ketones (excluding diaryl/α,β-unsaturated/α-hetero) is 1. The molecule has 1 nitrogen and oxygen atoms in total. The average molecular weight is 213 g/mol. The molecule has 0 atom stereocenters. The van der Waals surface area contributed by atoms with Crippen LogP contribution in [0.3, 0.4) is 0 Å². The van der Waals surface area contributed by atoms with Crippen LogP contribution in [0.5, 0.6) is 0 Å². The molecule has 1 aliphatic heterocycles. The molecule has 3 heteroatoms. The molecule has 1 aliphatic rings. The van der Waals surface area contributed by atoms with E-state index in [0.29, 0.717) is 11.4 Å². The first-order chi connectivity index (χ1) is 6.29. The summed E-state index contributed by atoms with van der Waals surface area (Å²) >= 11 is 7.70. The lowest BCUT2D eigenvalue weighted by molar-refractivity contribution is 0.0980. The van der Waals surface area contributed by atoms with Gasteiger partial charge in [-0.25, -0.2) is 0 Å². The van der Waals surface area contributed by atoms with E-state index in [9.17, 15) is 4.79 Å². The quantitative estimate of drug-likeness (QED) is 0.656. The van der Waals surface area contributed by atoms with Crippen molar-refractivity contribution >= 4 is 29.1 Å². The van der Waals surface area contributed by atoms with Gasteiger partial charge in [-0.15, -0.1) is 11.8 Å². The summed E-state index contributed by atoms with van der Waals surface area (Å²) in [7, 11) is 0. The Balaban J connectivity index is 2.55. The van der Waals surface area contributed by atoms with Crippen LogP contribution in [-0.4, -0.2) is 11.5 Å². The molecule has 0 amide bonds. The standard InChI is InChI=1S/C10H9ClOS/c11-7-3-1-5-9-10(7)8(12)4-2-6-13-9/h1,3,5H,2,4,6H2. The number of carbonyl (C=O) groups excluding carboxylic acids is 1. The van der Waals surface area contributed by atoms with Crippen LogP contribution >= 0.6 is 23.4 Å². The molecule has 0 aliphatic carbocycles. The van der Waals surface area contributed by atoms with Gasteiger partial charge in [0, 0.05) is 16.9 Å². The van der Waals surface area contributed by atoms with E-state index in [-0.39, 0.29) is 5.78 Å². The Morgan fingerprint density at radius 3 is 3.08 bits per heavy atom. The molecule has 0 spiro atoms. The predicted molar refractivity (Wildman–Crippen MR) is 55.7 cm³/mol. The SMILES string of the molecule is O=C1CCCSc2cccc(Cl)c21. The van der Waals surface area contributed by atoms with Gasteiger partial charge in [-0.3, -0.25) is 4.79 Å². The van der Waals surface area contributed by atoms with Crippen LogP contribution in [0.25, 0.3) is 0 Å². The number of thioether (sulfide) groups is 1. The predicted octanol–water partition coefficient (Wildman–Crippen LogP) is 3.41. The Morgan fingerprint density at radius 2 is 2.23 bits per heavy atom. The Morgan fingerprint density at radius 1 is 1.38 bits per heavy atom. The average Bonchev–Trinajstić information content (AvgIpc) is 2.29. The van der Waals surface area contributed by atoms with Crippen LogP contribution in [0.1, 0.15) is 23.2 Å². The maximum Gasteiger partial charge on any atom is 0.165 e. The molecule has 68 valence electrons. The van der Waals surface area contributed by atoms with Crippen molar-refractivity contribution in [3.05, 3.63) is 28.8 Å². The summed E-state index contributed by atoms with van der Waals surface area (Å²) in [5.74, 6) is 1.20. The molecule has 0 radical (unpaired) electrons. The zero-order valence-electron chi connectivity index (χ0n) is 7.05. The van der Waals surface area contributed by atoms with Gasteiger partial charge in [0.1, 0.15) is 0 Å². The molecular weight excluding hydrogens is 204 g/mol. The van der Waals surface area contributed by atoms with Crippen molar-refractivity contribution in [1.29, 1.82) is 0 Å². The fraction of sp³-hybridized carbons (Fsp3) is 0.300. The Hall–Kier alpha value is -0.470. The van der Waals surface area contributed by atoms with Gasteiger partial charge < -0.3 is 0 Å². The minimum Gasteiger partial charge on any atom is -0.294 e. The number of fused-ring (bicyclic) bond motifs is 1. The number of halogens is 1. The van der Waals surface area contributed by atoms with Crippen molar-refractivity contribution in [2.24, 2.45) is 0 Å². The zero-order chi connectivity index (χ0) is 9.26. The molecule has 1 heterocycles. The molecule has 1 aromatic rings. The van der Waals surface area contributed by atoms with E-state index in [1.165, 1.54) is 0 Å². The number of rotatable bonds is 0. The lowest BCUT2D eigenvalue weighted by Crippen LogP contribution is -1.99. The third-order valence-corrected chi connectivity index (χ3v) is 3.52. The van der Waals surface area contributed by atoms with Crippen molar-refractivity contribution in [3.8, 4) is 0 Å². The first kappa shape index (κ1) is 9.10. The fourth-order valence-corrected chi connectivity index (χ4v) is 2.82. The van der Waals surface area contributed by atoms with Gasteiger partial charge in [0.15, 0.2) is 5.78 Å². The van der Waals surface area contributed by atoms with E-state index >= 15 is 0 Å². The summed E-state index contributed by atoms with van der Waals surface area (Å²) in [5.41, 5.74) is 0.728. The monoisotopic (exact) mass is 212 g/mol. The van der Waals surface area contributed by atoms with Crippen LogP contribution < -0.4 is 0 Å². The largest absolute Gasteiger partial charge is 0.294 e. The van der Waals surface area contributed by atoms with Crippen LogP contribution in [0.4, 0.5) is 0 Å². The first-order valence-corrected chi connectivity index (χ1v) is 5.60. The lowest BCUT2D eigenvalue weighted by atomic mass is 10.1. The van der Waals surface area contributed by atoms with Crippen molar-refractivity contribution < 1.29 is 4.79 Å². The third kappa shape index (κ3) is 1.74. The topological polar surface area (TPSA) is 17.1 Å². The van der Waals surface area contributed by atoms with E-state index in [1.54, 1.807) is 17.8 Å². The molecule has 0 aromatic heterocycles. The van der Waals surface area contributed by atoms with Crippen LogP contribution in [-0.2, 0) is 0 Å². The second-order valence-electron chi connectivity index (χ2n) is 2.99. The molecular formula is C10H9ClOS. The molecule has 0 fully saturated rings. The summed E-state index contributed by atoms with van der Waals surface area (Å²) in [5, 5.41) is 0.594. The van der Waals surface area contributed by atoms with E-state index < -0.39 is 0 Å². The first-order valence-electron chi connectivity index (χ1n) is 4.23. The van der Waals surface area contributed by atoms with Gasteiger partial charge in [0.2, 0.25) is 0 Å². The Kier molecular flexibility index (Phi) is 2.61. The maximum atomic E-state index is 11.6. The smallest absolute Gasteiger partial charge is 0.165 e. The van der Waals surface area contributed by atoms with Crippen LogP contribution in [0.2, 0.25) is 5.02 Å². The third-order valence-electron chi connectivity index (χ3n) is 2.06. The summed E-state index contributed by atoms with van der Waals surface area (Å²) in [6.45, 7) is 0. The molecule has 0 unspecified atom stereocenters. The van der Waals surface area contributed by atoms with Gasteiger partial charge >= 0.3 is 0 Å². The van der Waals surface area contributed by atoms with Crippen LogP contribution in [0, 0.1) is 0 Å². The highest BCUT2D eigenvalue weighted by Gasteiger charge is 2.18. The number of hydrogen-bond acceptors (Lipinski definition) is 2. The summed E-state index contributed by atoms with van der Waals surface area (Å²) in [4.78, 5) is 12.7. The number of benzene rings is 1. The van der Waals surface area contributed by atoms with Gasteiger partial charge in [-0.1, -0.05) is 17.7 Å². The van der Waals surface area contributed by atoms with E-state index in [1.807, 2.05) is 12.1 Å². The minimum atomic E-state index is 0.186. The maximum absolute atomic E-state index is 11.6. The molecule has 0 bridgehead atoms. The summed E-state index contributed by atoms with van der Waals surface area (Å²) in [6, 6.07) is 5.64. The highest BCUT2D eigenvalue weighted by atomic mass is 35.5. The highest BCUT2D eigenvalue weighted by molar-refractivity contribution is 7.99. The number of hydrogen-bond donors (Lipinski definition) is 0. The highest BCUT2D eigenvalue weighted by Crippen LogP contribution is 2.33. The van der Waals surface area contributed by atoms with Gasteiger partial charge in [0.05, 0.1) is 5.02 Å². The molecule has 2 rings (SSSR count). The van der Waals surface area contributed by atoms with E-state index in [2.05, 4.69) is 0 Å². The van der Waals surface area contributed by atoms with E-state index in [0.717, 1.165) is 22.6 Å². The molecule has 1 aromatic carbocycles. The summed E-state index contributed by atoms with van der Waals surface area (Å²) < 4.78 is 0. The molecule has 13 heavy (non-hydrogen) atoms. The molecule has 0 saturated heterocycles. The van der Waals surface area contributed by atoms with Crippen LogP contribution in [0.15, 0.2) is 23.1 Å². The van der Waals surface area contributed by atoms with Gasteiger partial charge in [0.25, 0.3) is 0 Å². The van der Waals surface area contributed by atoms with Crippen molar-refractivity contribution in [1.82, 2.24) is 0 Å². The Labute approximate surface area is 86.5 Å². The van der Waals surface area contributed by atoms with Gasteiger partial charge in [-0.2, -0.15) is 0 Å². The van der Waals surface area contributed by atoms with Crippen molar-refractivity contribution in [2.45, 2.75) is 17.7 Å². The lowest BCUT2D eigenvalue weighted by Gasteiger charge is -2.04. The van der Waals surface area contributed by atoms with Gasteiger partial charge in [-0.05, 0) is 24.3 Å². The zero-order valence-corrected chi connectivity index (χ0v) is 8.62. The number of ketones is 1. The van der Waals surface area contributed by atoms with E-state index in [4.69, 9.17) is 11.6 Å². The molecule has 0 N–H and O–H groups in total. The number of carbonyl (C=O) groups is 1. The second kappa shape index (κ2) is 3.72. The molecule has 0 saturated carbocycles. The summed E-state index contributed by atoms with van der Waals surface area (Å²) in [6.07, 6.45) is 1.58. The fourth-order valence-electron chi connectivity index (χ4n) is 1.44. The Bertz CT molecular complexity index is 349. The normalized spacial score (nSPS) is 16.5. The van der Waals surface area contributed by atoms with Crippen molar-refractivity contribution in [2.75, 3.05) is 5.75 Å². The second-order valence-corrected chi connectivity index (χ2v) is 4.53.